The summed E-state index contributed by atoms with van der Waals surface area (Å²) in [6.45, 7) is 3.09. The Bertz CT molecular complexity index is 412. The molecule has 6 heteroatoms. The summed E-state index contributed by atoms with van der Waals surface area (Å²) < 4.78 is 9.13. The third-order valence-electron chi connectivity index (χ3n) is 3.48. The standard InChI is InChI=1S/C11H12O6/c1-4-6-3-7(12)16-10(14)5(2)8(6)11(15)17-9(4)13/h4-6,8H,3H2,1-2H3/t4-,5-,6?,8?/m1/s1. The molecule has 92 valence electrons. The van der Waals surface area contributed by atoms with Crippen molar-refractivity contribution in [3.05, 3.63) is 0 Å². The van der Waals surface area contributed by atoms with Crippen LogP contribution in [0.3, 0.4) is 0 Å². The van der Waals surface area contributed by atoms with Crippen LogP contribution in [0.25, 0.3) is 0 Å². The molecule has 2 fully saturated rings. The van der Waals surface area contributed by atoms with Crippen LogP contribution in [-0.4, -0.2) is 23.9 Å². The Labute approximate surface area is 97.3 Å². The third-order valence-corrected chi connectivity index (χ3v) is 3.48. The lowest BCUT2D eigenvalue weighted by Gasteiger charge is -2.32. The molecule has 4 atom stereocenters. The lowest BCUT2D eigenvalue weighted by atomic mass is 9.73. The molecule has 0 bridgehead atoms. The van der Waals surface area contributed by atoms with Gasteiger partial charge < -0.3 is 9.47 Å². The van der Waals surface area contributed by atoms with E-state index in [2.05, 4.69) is 9.47 Å². The van der Waals surface area contributed by atoms with Crippen molar-refractivity contribution in [2.45, 2.75) is 20.3 Å². The molecule has 2 saturated heterocycles. The van der Waals surface area contributed by atoms with Crippen LogP contribution in [-0.2, 0) is 28.7 Å². The molecule has 2 aliphatic heterocycles. The fourth-order valence-electron chi connectivity index (χ4n) is 2.39. The lowest BCUT2D eigenvalue weighted by Crippen LogP contribution is -2.45. The largest absolute Gasteiger partial charge is 0.393 e. The number of rotatable bonds is 0. The minimum atomic E-state index is -0.776. The summed E-state index contributed by atoms with van der Waals surface area (Å²) in [6.07, 6.45) is -0.108. The summed E-state index contributed by atoms with van der Waals surface area (Å²) >= 11 is 0. The Morgan fingerprint density at radius 2 is 1.47 bits per heavy atom. The monoisotopic (exact) mass is 240 g/mol. The van der Waals surface area contributed by atoms with E-state index in [1.54, 1.807) is 6.92 Å². The fourth-order valence-corrected chi connectivity index (χ4v) is 2.39. The SMILES string of the molecule is C[C@H]1C(=O)OC(=O)C2C1CC(=O)OC(=O)[C@@H]2C. The van der Waals surface area contributed by atoms with Crippen LogP contribution >= 0.6 is 0 Å². The minimum absolute atomic E-state index is 0.108. The summed E-state index contributed by atoms with van der Waals surface area (Å²) in [4.78, 5) is 45.8. The summed E-state index contributed by atoms with van der Waals surface area (Å²) in [7, 11) is 0. The van der Waals surface area contributed by atoms with Gasteiger partial charge in [0.05, 0.1) is 24.2 Å². The van der Waals surface area contributed by atoms with E-state index in [-0.39, 0.29) is 6.42 Å². The normalized spacial score (nSPS) is 38.0. The first-order valence-corrected chi connectivity index (χ1v) is 5.42. The number of fused-ring (bicyclic) bond motifs is 1. The van der Waals surface area contributed by atoms with Crippen molar-refractivity contribution in [2.75, 3.05) is 0 Å². The molecule has 0 N–H and O–H groups in total. The molecule has 0 aliphatic carbocycles. The summed E-state index contributed by atoms with van der Waals surface area (Å²) in [5, 5.41) is 0. The van der Waals surface area contributed by atoms with Gasteiger partial charge in [0, 0.05) is 0 Å². The Hall–Kier alpha value is -1.72. The van der Waals surface area contributed by atoms with Crippen molar-refractivity contribution in [3.63, 3.8) is 0 Å². The van der Waals surface area contributed by atoms with Gasteiger partial charge in [-0.1, -0.05) is 13.8 Å². The van der Waals surface area contributed by atoms with E-state index >= 15 is 0 Å². The predicted molar refractivity (Wildman–Crippen MR) is 52.1 cm³/mol. The van der Waals surface area contributed by atoms with Crippen molar-refractivity contribution in [2.24, 2.45) is 23.7 Å². The molecule has 0 aromatic carbocycles. The van der Waals surface area contributed by atoms with E-state index in [9.17, 15) is 19.2 Å². The van der Waals surface area contributed by atoms with Crippen molar-refractivity contribution in [3.8, 4) is 0 Å². The number of carbonyl (C=O) groups excluding carboxylic acids is 4. The van der Waals surface area contributed by atoms with Gasteiger partial charge in [0.2, 0.25) is 0 Å². The first-order valence-electron chi connectivity index (χ1n) is 5.42. The molecule has 2 rings (SSSR count). The van der Waals surface area contributed by atoms with Crippen LogP contribution in [0.4, 0.5) is 0 Å². The molecular formula is C11H12O6. The van der Waals surface area contributed by atoms with Gasteiger partial charge >= 0.3 is 23.9 Å². The quantitative estimate of drug-likeness (QED) is 0.439. The summed E-state index contributed by atoms with van der Waals surface area (Å²) in [6, 6.07) is 0. The maximum absolute atomic E-state index is 11.6. The highest BCUT2D eigenvalue weighted by Crippen LogP contribution is 2.38. The van der Waals surface area contributed by atoms with Gasteiger partial charge in [-0.3, -0.25) is 19.2 Å². The Morgan fingerprint density at radius 3 is 2.12 bits per heavy atom. The highest BCUT2D eigenvalue weighted by Gasteiger charge is 2.51. The highest BCUT2D eigenvalue weighted by atomic mass is 16.6. The fraction of sp³-hybridized carbons (Fsp3) is 0.636. The average Bonchev–Trinajstić information content (AvgIpc) is 2.34. The molecule has 6 nitrogen and oxygen atoms in total. The summed E-state index contributed by atoms with van der Waals surface area (Å²) in [5.41, 5.74) is 0. The van der Waals surface area contributed by atoms with E-state index < -0.39 is 47.5 Å². The van der Waals surface area contributed by atoms with Crippen molar-refractivity contribution in [1.29, 1.82) is 0 Å². The van der Waals surface area contributed by atoms with Crippen LogP contribution < -0.4 is 0 Å². The molecule has 0 aromatic heterocycles. The number of ether oxygens (including phenoxy) is 2. The second-order valence-corrected chi connectivity index (χ2v) is 4.50. The summed E-state index contributed by atoms with van der Waals surface area (Å²) in [5.74, 6) is -5.46. The Kier molecular flexibility index (Phi) is 2.73. The molecular weight excluding hydrogens is 228 g/mol. The zero-order chi connectivity index (χ0) is 12.7. The maximum Gasteiger partial charge on any atom is 0.317 e. The van der Waals surface area contributed by atoms with Crippen LogP contribution in [0.15, 0.2) is 0 Å². The number of cyclic esters (lactones) is 4. The van der Waals surface area contributed by atoms with Crippen LogP contribution in [0.1, 0.15) is 20.3 Å². The topological polar surface area (TPSA) is 86.7 Å². The smallest absolute Gasteiger partial charge is 0.317 e. The van der Waals surface area contributed by atoms with Crippen molar-refractivity contribution >= 4 is 23.9 Å². The molecule has 2 heterocycles. The van der Waals surface area contributed by atoms with E-state index in [4.69, 9.17) is 0 Å². The van der Waals surface area contributed by atoms with Gasteiger partial charge in [0.15, 0.2) is 0 Å². The lowest BCUT2D eigenvalue weighted by molar-refractivity contribution is -0.179. The van der Waals surface area contributed by atoms with E-state index in [0.717, 1.165) is 0 Å². The van der Waals surface area contributed by atoms with Gasteiger partial charge in [-0.15, -0.1) is 0 Å². The number of hydrogen-bond donors (Lipinski definition) is 0. The van der Waals surface area contributed by atoms with Crippen molar-refractivity contribution < 1.29 is 28.7 Å². The molecule has 0 amide bonds. The van der Waals surface area contributed by atoms with Gasteiger partial charge in [-0.25, -0.2) is 0 Å². The second kappa shape index (κ2) is 3.94. The zero-order valence-corrected chi connectivity index (χ0v) is 9.47. The van der Waals surface area contributed by atoms with Gasteiger partial charge in [0.25, 0.3) is 0 Å². The molecule has 2 unspecified atom stereocenters. The van der Waals surface area contributed by atoms with E-state index in [0.29, 0.717) is 0 Å². The number of esters is 4. The van der Waals surface area contributed by atoms with Gasteiger partial charge in [0.1, 0.15) is 0 Å². The zero-order valence-electron chi connectivity index (χ0n) is 9.47. The van der Waals surface area contributed by atoms with E-state index in [1.165, 1.54) is 6.92 Å². The van der Waals surface area contributed by atoms with Crippen LogP contribution in [0.5, 0.6) is 0 Å². The predicted octanol–water partition coefficient (Wildman–Crippen LogP) is 0.0479. The molecule has 0 saturated carbocycles. The second-order valence-electron chi connectivity index (χ2n) is 4.50. The van der Waals surface area contributed by atoms with Crippen LogP contribution in [0, 0.1) is 23.7 Å². The Balaban J connectivity index is 2.39. The maximum atomic E-state index is 11.6. The Morgan fingerprint density at radius 1 is 0.882 bits per heavy atom. The van der Waals surface area contributed by atoms with Gasteiger partial charge in [-0.2, -0.15) is 0 Å². The molecule has 2 aliphatic rings. The molecule has 0 radical (unpaired) electrons. The average molecular weight is 240 g/mol. The molecule has 0 aromatic rings. The number of carbonyl (C=O) groups is 4. The minimum Gasteiger partial charge on any atom is -0.393 e. The van der Waals surface area contributed by atoms with E-state index in [1.807, 2.05) is 0 Å². The first kappa shape index (κ1) is 11.8. The van der Waals surface area contributed by atoms with Crippen LogP contribution in [0.2, 0.25) is 0 Å². The molecule has 0 spiro atoms. The van der Waals surface area contributed by atoms with Crippen molar-refractivity contribution in [1.82, 2.24) is 0 Å². The molecule has 17 heavy (non-hydrogen) atoms. The highest BCUT2D eigenvalue weighted by molar-refractivity contribution is 5.97. The first-order chi connectivity index (χ1) is 7.91. The van der Waals surface area contributed by atoms with Gasteiger partial charge in [-0.05, 0) is 5.92 Å². The third kappa shape index (κ3) is 1.83. The number of hydrogen-bond acceptors (Lipinski definition) is 6.